The lowest BCUT2D eigenvalue weighted by Crippen LogP contribution is -2.09. The Bertz CT molecular complexity index is 2800. The van der Waals surface area contributed by atoms with Crippen LogP contribution in [-0.4, -0.2) is 0 Å². The third-order valence-corrected chi connectivity index (χ3v) is 11.7. The van der Waals surface area contributed by atoms with E-state index in [9.17, 15) is 0 Å². The minimum Gasteiger partial charge on any atom is -0.310 e. The van der Waals surface area contributed by atoms with Crippen LogP contribution in [0.1, 0.15) is 0 Å². The Morgan fingerprint density at radius 1 is 0.340 bits per heavy atom. The van der Waals surface area contributed by atoms with E-state index in [2.05, 4.69) is 169 Å². The fourth-order valence-corrected chi connectivity index (χ4v) is 9.54. The van der Waals surface area contributed by atoms with Crippen molar-refractivity contribution in [2.45, 2.75) is 0 Å². The van der Waals surface area contributed by atoms with E-state index in [1.54, 1.807) is 0 Å². The summed E-state index contributed by atoms with van der Waals surface area (Å²) >= 11 is 3.75. The van der Waals surface area contributed by atoms with E-state index in [1.807, 2.05) is 22.7 Å². The van der Waals surface area contributed by atoms with E-state index in [-0.39, 0.29) is 0 Å². The van der Waals surface area contributed by atoms with Gasteiger partial charge >= 0.3 is 0 Å². The molecule has 3 heteroatoms. The highest BCUT2D eigenvalue weighted by Crippen LogP contribution is 2.44. The topological polar surface area (TPSA) is 3.24 Å². The van der Waals surface area contributed by atoms with Crippen LogP contribution in [0.15, 0.2) is 164 Å². The summed E-state index contributed by atoms with van der Waals surface area (Å²) in [6, 6.07) is 60.2. The molecule has 0 saturated carbocycles. The molecule has 0 N–H and O–H groups in total. The summed E-state index contributed by atoms with van der Waals surface area (Å²) in [6.45, 7) is 0. The molecule has 220 valence electrons. The molecular formula is C44H27NS2. The molecule has 0 atom stereocenters. The number of hydrogen-bond donors (Lipinski definition) is 0. The van der Waals surface area contributed by atoms with Crippen molar-refractivity contribution < 1.29 is 0 Å². The van der Waals surface area contributed by atoms with Crippen LogP contribution in [0.4, 0.5) is 17.1 Å². The predicted octanol–water partition coefficient (Wildman–Crippen LogP) is 13.9. The molecule has 0 fully saturated rings. The summed E-state index contributed by atoms with van der Waals surface area (Å²) < 4.78 is 5.25. The number of fused-ring (bicyclic) bond motifs is 9. The highest BCUT2D eigenvalue weighted by Gasteiger charge is 2.17. The van der Waals surface area contributed by atoms with E-state index in [0.29, 0.717) is 0 Å². The van der Waals surface area contributed by atoms with Gasteiger partial charge in [-0.2, -0.15) is 0 Å². The zero-order chi connectivity index (χ0) is 30.9. The van der Waals surface area contributed by atoms with Gasteiger partial charge in [0.2, 0.25) is 0 Å². The van der Waals surface area contributed by atoms with Gasteiger partial charge in [0.25, 0.3) is 0 Å². The molecule has 0 spiro atoms. The average molecular weight is 634 g/mol. The van der Waals surface area contributed by atoms with Crippen LogP contribution in [-0.2, 0) is 0 Å². The molecule has 47 heavy (non-hydrogen) atoms. The summed E-state index contributed by atoms with van der Waals surface area (Å²) in [5, 5.41) is 10.4. The van der Waals surface area contributed by atoms with Crippen molar-refractivity contribution in [3.05, 3.63) is 164 Å². The fourth-order valence-electron chi connectivity index (χ4n) is 7.24. The lowest BCUT2D eigenvalue weighted by atomic mass is 9.98. The van der Waals surface area contributed by atoms with Gasteiger partial charge in [0, 0.05) is 57.4 Å². The Morgan fingerprint density at radius 2 is 0.915 bits per heavy atom. The molecular weight excluding hydrogens is 607 g/mol. The smallest absolute Gasteiger partial charge is 0.0476 e. The van der Waals surface area contributed by atoms with Crippen molar-refractivity contribution in [3.8, 4) is 11.1 Å². The maximum Gasteiger partial charge on any atom is 0.0476 e. The van der Waals surface area contributed by atoms with Crippen LogP contribution >= 0.6 is 22.7 Å². The molecule has 1 nitrogen and oxygen atoms in total. The number of nitrogens with zero attached hydrogens (tertiary/aromatic N) is 1. The first-order chi connectivity index (χ1) is 23.3. The minimum absolute atomic E-state index is 1.14. The first-order valence-electron chi connectivity index (χ1n) is 15.9. The molecule has 0 amide bonds. The molecule has 0 saturated heterocycles. The second kappa shape index (κ2) is 10.5. The standard InChI is InChI=1S/C44H27NS2/c1-3-11-34-28(8-1)10-7-14-35(34)30-16-19-31(20-17-30)45(32-21-23-38-37-13-5-6-15-40(37)46-42(38)26-32)33-22-24-39-43(27-33)47-41-25-18-29-9-2-4-12-36(29)44(39)41/h1-27H. The van der Waals surface area contributed by atoms with Gasteiger partial charge in [0.1, 0.15) is 0 Å². The van der Waals surface area contributed by atoms with Crippen molar-refractivity contribution in [2.75, 3.05) is 4.90 Å². The van der Waals surface area contributed by atoms with Crippen LogP contribution in [0, 0.1) is 0 Å². The zero-order valence-corrected chi connectivity index (χ0v) is 27.0. The summed E-state index contributed by atoms with van der Waals surface area (Å²) in [4.78, 5) is 2.42. The van der Waals surface area contributed by atoms with Crippen molar-refractivity contribution in [1.29, 1.82) is 0 Å². The number of anilines is 3. The molecule has 0 unspecified atom stereocenters. The number of benzene rings is 8. The van der Waals surface area contributed by atoms with Crippen LogP contribution in [0.3, 0.4) is 0 Å². The van der Waals surface area contributed by atoms with E-state index in [4.69, 9.17) is 0 Å². The Labute approximate surface area is 280 Å². The van der Waals surface area contributed by atoms with Crippen molar-refractivity contribution in [3.63, 3.8) is 0 Å². The lowest BCUT2D eigenvalue weighted by molar-refractivity contribution is 1.30. The van der Waals surface area contributed by atoms with Gasteiger partial charge in [0.15, 0.2) is 0 Å². The van der Waals surface area contributed by atoms with E-state index in [1.165, 1.54) is 73.0 Å². The Kier molecular flexibility index (Phi) is 5.98. The molecule has 2 heterocycles. The summed E-state index contributed by atoms with van der Waals surface area (Å²) in [7, 11) is 0. The van der Waals surface area contributed by atoms with Crippen molar-refractivity contribution in [2.24, 2.45) is 0 Å². The number of thiophene rings is 2. The molecule has 0 bridgehead atoms. The maximum atomic E-state index is 2.42. The van der Waals surface area contributed by atoms with Crippen molar-refractivity contribution in [1.82, 2.24) is 0 Å². The van der Waals surface area contributed by atoms with Crippen LogP contribution in [0.25, 0.3) is 73.0 Å². The third-order valence-electron chi connectivity index (χ3n) is 9.45. The Hall–Kier alpha value is -5.48. The molecule has 0 radical (unpaired) electrons. The first kappa shape index (κ1) is 26.7. The van der Waals surface area contributed by atoms with Gasteiger partial charge in [0.05, 0.1) is 0 Å². The third kappa shape index (κ3) is 4.28. The molecule has 10 rings (SSSR count). The normalized spacial score (nSPS) is 11.8. The molecule has 0 aliphatic rings. The molecule has 2 aromatic heterocycles. The van der Waals surface area contributed by atoms with Gasteiger partial charge in [-0.15, -0.1) is 22.7 Å². The molecule has 8 aromatic carbocycles. The Morgan fingerprint density at radius 3 is 1.72 bits per heavy atom. The molecule has 0 aliphatic heterocycles. The highest BCUT2D eigenvalue weighted by atomic mass is 32.1. The van der Waals surface area contributed by atoms with Crippen molar-refractivity contribution >= 4 is 102 Å². The predicted molar refractivity (Wildman–Crippen MR) is 207 cm³/mol. The minimum atomic E-state index is 1.14. The van der Waals surface area contributed by atoms with Gasteiger partial charge in [-0.25, -0.2) is 0 Å². The Balaban J connectivity index is 1.16. The van der Waals surface area contributed by atoms with E-state index in [0.717, 1.165) is 17.1 Å². The largest absolute Gasteiger partial charge is 0.310 e. The monoisotopic (exact) mass is 633 g/mol. The molecule has 10 aromatic rings. The lowest BCUT2D eigenvalue weighted by Gasteiger charge is -2.26. The van der Waals surface area contributed by atoms with Gasteiger partial charge in [-0.1, -0.05) is 115 Å². The van der Waals surface area contributed by atoms with Gasteiger partial charge in [-0.3, -0.25) is 0 Å². The summed E-state index contributed by atoms with van der Waals surface area (Å²) in [6.07, 6.45) is 0. The van der Waals surface area contributed by atoms with Crippen LogP contribution in [0.2, 0.25) is 0 Å². The second-order valence-corrected chi connectivity index (χ2v) is 14.3. The van der Waals surface area contributed by atoms with E-state index < -0.39 is 0 Å². The zero-order valence-electron chi connectivity index (χ0n) is 25.4. The van der Waals surface area contributed by atoms with Crippen LogP contribution in [0.5, 0.6) is 0 Å². The summed E-state index contributed by atoms with van der Waals surface area (Å²) in [5.74, 6) is 0. The van der Waals surface area contributed by atoms with Gasteiger partial charge in [-0.05, 0) is 81.2 Å². The van der Waals surface area contributed by atoms with Crippen LogP contribution < -0.4 is 4.90 Å². The van der Waals surface area contributed by atoms with Gasteiger partial charge < -0.3 is 4.90 Å². The molecule has 0 aliphatic carbocycles. The average Bonchev–Trinajstić information content (AvgIpc) is 3.70. The quantitative estimate of drug-likeness (QED) is 0.186. The SMILES string of the molecule is c1ccc2c(-c3ccc(N(c4ccc5c(c4)sc4ccccc45)c4ccc5c(c4)sc4ccc6ccccc6c45)cc3)cccc2c1. The summed E-state index contributed by atoms with van der Waals surface area (Å²) in [5.41, 5.74) is 5.93. The first-order valence-corrected chi connectivity index (χ1v) is 17.6. The fraction of sp³-hybridized carbons (Fsp3) is 0. The number of rotatable bonds is 4. The van der Waals surface area contributed by atoms with E-state index >= 15 is 0 Å². The highest BCUT2D eigenvalue weighted by molar-refractivity contribution is 7.26. The number of hydrogen-bond acceptors (Lipinski definition) is 3. The maximum absolute atomic E-state index is 2.42. The second-order valence-electron chi connectivity index (χ2n) is 12.1.